The second-order valence-electron chi connectivity index (χ2n) is 4.57. The number of fused-ring (bicyclic) bond motifs is 1. The highest BCUT2D eigenvalue weighted by atomic mass is 79.9. The highest BCUT2D eigenvalue weighted by Gasteiger charge is 2.23. The number of nitrogens with zero attached hydrogens (tertiary/aromatic N) is 1. The van der Waals surface area contributed by atoms with Gasteiger partial charge in [-0.3, -0.25) is 0 Å². The van der Waals surface area contributed by atoms with Crippen LogP contribution in [0, 0.1) is 0 Å². The monoisotopic (exact) mass is 356 g/mol. The first-order chi connectivity index (χ1) is 9.13. The van der Waals surface area contributed by atoms with E-state index in [2.05, 4.69) is 32.3 Å². The van der Waals surface area contributed by atoms with E-state index in [4.69, 9.17) is 23.2 Å². The lowest BCUT2D eigenvalue weighted by atomic mass is 10.1. The van der Waals surface area contributed by atoms with Crippen molar-refractivity contribution in [3.05, 3.63) is 56.2 Å². The molecular formula is C14H11BrCl2N2. The topological polar surface area (TPSA) is 24.9 Å². The quantitative estimate of drug-likeness (QED) is 0.742. The Morgan fingerprint density at radius 3 is 2.95 bits per heavy atom. The van der Waals surface area contributed by atoms with Gasteiger partial charge in [0.15, 0.2) is 5.15 Å². The maximum Gasteiger partial charge on any atom is 0.152 e. The highest BCUT2D eigenvalue weighted by molar-refractivity contribution is 9.10. The average Bonchev–Trinajstić information content (AvgIpc) is 2.76. The third-order valence-corrected chi connectivity index (χ3v) is 4.29. The van der Waals surface area contributed by atoms with Gasteiger partial charge < -0.3 is 5.32 Å². The van der Waals surface area contributed by atoms with Crippen LogP contribution in [0.25, 0.3) is 0 Å². The minimum Gasteiger partial charge on any atom is -0.376 e. The molecule has 0 aliphatic heterocycles. The van der Waals surface area contributed by atoms with Crippen LogP contribution in [0.4, 0.5) is 5.69 Å². The number of pyridine rings is 1. The van der Waals surface area contributed by atoms with Gasteiger partial charge in [0, 0.05) is 15.7 Å². The number of anilines is 1. The second-order valence-corrected chi connectivity index (χ2v) is 6.28. The molecule has 1 unspecified atom stereocenters. The fourth-order valence-corrected chi connectivity index (χ4v) is 3.13. The summed E-state index contributed by atoms with van der Waals surface area (Å²) in [6, 6.07) is 8.27. The molecule has 5 heteroatoms. The van der Waals surface area contributed by atoms with E-state index in [0.29, 0.717) is 5.15 Å². The van der Waals surface area contributed by atoms with Gasteiger partial charge in [0.25, 0.3) is 0 Å². The molecule has 98 valence electrons. The SMILES string of the molecule is Clc1ccc2c(c1)CCC2Nc1cc(Br)cnc1Cl. The Morgan fingerprint density at radius 2 is 2.11 bits per heavy atom. The summed E-state index contributed by atoms with van der Waals surface area (Å²) in [7, 11) is 0. The van der Waals surface area contributed by atoms with E-state index in [1.807, 2.05) is 18.2 Å². The van der Waals surface area contributed by atoms with E-state index in [9.17, 15) is 0 Å². The molecule has 1 N–H and O–H groups in total. The third kappa shape index (κ3) is 2.73. The van der Waals surface area contributed by atoms with Crippen molar-refractivity contribution in [3.8, 4) is 0 Å². The largest absolute Gasteiger partial charge is 0.376 e. The number of rotatable bonds is 2. The third-order valence-electron chi connectivity index (χ3n) is 3.32. The Balaban J connectivity index is 1.88. The molecule has 1 atom stereocenters. The number of aryl methyl sites for hydroxylation is 1. The van der Waals surface area contributed by atoms with Crippen molar-refractivity contribution < 1.29 is 0 Å². The number of nitrogens with one attached hydrogen (secondary N) is 1. The molecule has 1 aromatic heterocycles. The molecule has 3 rings (SSSR count). The van der Waals surface area contributed by atoms with Crippen molar-refractivity contribution >= 4 is 44.8 Å². The molecule has 2 nitrogen and oxygen atoms in total. The molecule has 19 heavy (non-hydrogen) atoms. The molecule has 1 aromatic carbocycles. The van der Waals surface area contributed by atoms with Gasteiger partial charge in [0.1, 0.15) is 0 Å². The average molecular weight is 358 g/mol. The van der Waals surface area contributed by atoms with Crippen molar-refractivity contribution in [3.63, 3.8) is 0 Å². The zero-order valence-corrected chi connectivity index (χ0v) is 13.1. The van der Waals surface area contributed by atoms with Gasteiger partial charge in [-0.25, -0.2) is 4.98 Å². The highest BCUT2D eigenvalue weighted by Crippen LogP contribution is 2.36. The van der Waals surface area contributed by atoms with Crippen LogP contribution >= 0.6 is 39.1 Å². The molecule has 0 fully saturated rings. The van der Waals surface area contributed by atoms with Gasteiger partial charge in [-0.2, -0.15) is 0 Å². The lowest BCUT2D eigenvalue weighted by Gasteiger charge is -2.16. The summed E-state index contributed by atoms with van der Waals surface area (Å²) in [5.74, 6) is 0. The van der Waals surface area contributed by atoms with E-state index >= 15 is 0 Å². The molecule has 0 spiro atoms. The zero-order valence-electron chi connectivity index (χ0n) is 9.96. The molecule has 1 aliphatic rings. The fraction of sp³-hybridized carbons (Fsp3) is 0.214. The van der Waals surface area contributed by atoms with Gasteiger partial charge in [0.2, 0.25) is 0 Å². The maximum absolute atomic E-state index is 6.11. The number of hydrogen-bond acceptors (Lipinski definition) is 2. The van der Waals surface area contributed by atoms with Crippen LogP contribution in [0.5, 0.6) is 0 Å². The van der Waals surface area contributed by atoms with E-state index in [-0.39, 0.29) is 6.04 Å². The Hall–Kier alpha value is -0.770. The van der Waals surface area contributed by atoms with Crippen molar-refractivity contribution in [1.29, 1.82) is 0 Å². The molecule has 0 radical (unpaired) electrons. The van der Waals surface area contributed by atoms with Crippen molar-refractivity contribution in [2.75, 3.05) is 5.32 Å². The summed E-state index contributed by atoms with van der Waals surface area (Å²) in [6.45, 7) is 0. The predicted molar refractivity (Wildman–Crippen MR) is 83.1 cm³/mol. The molecule has 0 saturated carbocycles. The Labute approximate surface area is 130 Å². The summed E-state index contributed by atoms with van der Waals surface area (Å²) >= 11 is 15.5. The van der Waals surface area contributed by atoms with Crippen LogP contribution in [0.2, 0.25) is 10.2 Å². The molecule has 1 aliphatic carbocycles. The first-order valence-electron chi connectivity index (χ1n) is 5.99. The summed E-state index contributed by atoms with van der Waals surface area (Å²) in [5.41, 5.74) is 3.45. The second kappa shape index (κ2) is 5.31. The van der Waals surface area contributed by atoms with Gasteiger partial charge in [0.05, 0.1) is 11.7 Å². The summed E-state index contributed by atoms with van der Waals surface area (Å²) in [4.78, 5) is 4.13. The molecular weight excluding hydrogens is 347 g/mol. The molecule has 0 saturated heterocycles. The van der Waals surface area contributed by atoms with Crippen molar-refractivity contribution in [2.45, 2.75) is 18.9 Å². The van der Waals surface area contributed by atoms with Crippen molar-refractivity contribution in [2.24, 2.45) is 0 Å². The van der Waals surface area contributed by atoms with E-state index in [1.54, 1.807) is 6.20 Å². The number of hydrogen-bond donors (Lipinski definition) is 1. The van der Waals surface area contributed by atoms with Gasteiger partial charge >= 0.3 is 0 Å². The molecule has 2 aromatic rings. The first-order valence-corrected chi connectivity index (χ1v) is 7.54. The predicted octanol–water partition coefficient (Wildman–Crippen LogP) is 5.25. The van der Waals surface area contributed by atoms with E-state index in [1.165, 1.54) is 11.1 Å². The molecule has 0 amide bonds. The molecule has 1 heterocycles. The standard InChI is InChI=1S/C14H11BrCl2N2/c15-9-6-13(14(17)18-7-9)19-12-4-1-8-5-10(16)2-3-11(8)12/h2-3,5-7,12,19H,1,4H2. The molecule has 0 bridgehead atoms. The first kappa shape index (κ1) is 13.2. The van der Waals surface area contributed by atoms with E-state index in [0.717, 1.165) is 28.0 Å². The summed E-state index contributed by atoms with van der Waals surface area (Å²) in [6.07, 6.45) is 3.76. The summed E-state index contributed by atoms with van der Waals surface area (Å²) < 4.78 is 0.911. The van der Waals surface area contributed by atoms with Crippen LogP contribution in [0.15, 0.2) is 34.9 Å². The zero-order chi connectivity index (χ0) is 13.4. The number of aromatic nitrogens is 1. The smallest absolute Gasteiger partial charge is 0.152 e. The Morgan fingerprint density at radius 1 is 1.26 bits per heavy atom. The number of halogens is 3. The van der Waals surface area contributed by atoms with Gasteiger partial charge in [-0.15, -0.1) is 0 Å². The Kier molecular flexibility index (Phi) is 3.70. The van der Waals surface area contributed by atoms with Crippen LogP contribution in [0.1, 0.15) is 23.6 Å². The summed E-state index contributed by atoms with van der Waals surface area (Å²) in [5, 5.41) is 4.74. The van der Waals surface area contributed by atoms with Gasteiger partial charge in [-0.1, -0.05) is 29.3 Å². The lowest BCUT2D eigenvalue weighted by molar-refractivity contribution is 0.761. The van der Waals surface area contributed by atoms with E-state index < -0.39 is 0 Å². The maximum atomic E-state index is 6.11. The lowest BCUT2D eigenvalue weighted by Crippen LogP contribution is -2.07. The fourth-order valence-electron chi connectivity index (χ4n) is 2.45. The Bertz CT molecular complexity index is 631. The van der Waals surface area contributed by atoms with Crippen molar-refractivity contribution in [1.82, 2.24) is 4.98 Å². The number of benzene rings is 1. The minimum atomic E-state index is 0.265. The van der Waals surface area contributed by atoms with Crippen LogP contribution < -0.4 is 5.32 Å². The van der Waals surface area contributed by atoms with Crippen LogP contribution in [-0.2, 0) is 6.42 Å². The normalized spacial score (nSPS) is 17.3. The van der Waals surface area contributed by atoms with Gasteiger partial charge in [-0.05, 0) is 58.1 Å². The minimum absolute atomic E-state index is 0.265. The van der Waals surface area contributed by atoms with Crippen LogP contribution in [-0.4, -0.2) is 4.98 Å². The van der Waals surface area contributed by atoms with Crippen LogP contribution in [0.3, 0.4) is 0 Å².